The van der Waals surface area contributed by atoms with Crippen LogP contribution < -0.4 is 28.7 Å². The summed E-state index contributed by atoms with van der Waals surface area (Å²) in [5, 5.41) is 10.8. The summed E-state index contributed by atoms with van der Waals surface area (Å²) in [6.07, 6.45) is 0.516. The average molecular weight is 381 g/mol. The largest absolute Gasteiger partial charge is 1.00 e. The molecule has 0 radical (unpaired) electrons. The van der Waals surface area contributed by atoms with E-state index >= 15 is 0 Å². The summed E-state index contributed by atoms with van der Waals surface area (Å²) in [6.45, 7) is 0.503. The fourth-order valence-corrected chi connectivity index (χ4v) is 3.12. The van der Waals surface area contributed by atoms with Crippen molar-refractivity contribution in [3.05, 3.63) is 90.5 Å². The number of benzene rings is 3. The Labute approximate surface area is 184 Å². The molecule has 0 saturated heterocycles. The molecule has 0 aliphatic rings. The minimum Gasteiger partial charge on any atom is -0.549 e. The molecule has 5 heteroatoms. The summed E-state index contributed by atoms with van der Waals surface area (Å²) in [6, 6.07) is 28.2. The predicted molar refractivity (Wildman–Crippen MR) is 109 cm³/mol. The molecular weight excluding hydrogens is 357 g/mol. The first kappa shape index (κ1) is 22.8. The van der Waals surface area contributed by atoms with E-state index in [1.165, 1.54) is 0 Å². The van der Waals surface area contributed by atoms with Crippen LogP contribution in [0.1, 0.15) is 18.1 Å². The van der Waals surface area contributed by atoms with Gasteiger partial charge in [-0.25, -0.2) is 0 Å². The molecule has 0 spiro atoms. The van der Waals surface area contributed by atoms with Crippen molar-refractivity contribution in [3.8, 4) is 16.9 Å². The summed E-state index contributed by atoms with van der Waals surface area (Å²) in [4.78, 5) is 12.5. The van der Waals surface area contributed by atoms with Gasteiger partial charge in [0, 0.05) is 19.5 Å². The quantitative estimate of drug-likeness (QED) is 0.508. The van der Waals surface area contributed by atoms with Crippen LogP contribution >= 0.6 is 0 Å². The molecule has 3 aromatic carbocycles. The summed E-state index contributed by atoms with van der Waals surface area (Å²) in [5.74, 6) is -0.285. The molecule has 0 aromatic heterocycles. The second kappa shape index (κ2) is 11.5. The van der Waals surface area contributed by atoms with Crippen LogP contribution in [0.15, 0.2) is 84.9 Å². The normalized spacial score (nSPS) is 11.5. The molecule has 0 aliphatic heterocycles. The second-order valence-electron chi connectivity index (χ2n) is 6.81. The van der Waals surface area contributed by atoms with E-state index < -0.39 is 5.97 Å². The Kier molecular flexibility index (Phi) is 9.01. The van der Waals surface area contributed by atoms with Crippen molar-refractivity contribution in [1.82, 2.24) is 4.90 Å². The maximum atomic E-state index is 10.8. The Morgan fingerprint density at radius 1 is 0.897 bits per heavy atom. The number of hydrogen-bond acceptors (Lipinski definition) is 4. The van der Waals surface area contributed by atoms with E-state index in [-0.39, 0.29) is 31.5 Å². The van der Waals surface area contributed by atoms with Gasteiger partial charge in [-0.05, 0) is 35.9 Å². The van der Waals surface area contributed by atoms with E-state index in [4.69, 9.17) is 4.74 Å². The third kappa shape index (κ3) is 7.10. The Morgan fingerprint density at radius 3 is 2.03 bits per heavy atom. The number of ether oxygens (including phenoxy) is 1. The van der Waals surface area contributed by atoms with Gasteiger partial charge in [0.2, 0.25) is 0 Å². The number of hydrogen-bond donors (Lipinski definition) is 0. The molecule has 0 fully saturated rings. The topological polar surface area (TPSA) is 52.6 Å². The van der Waals surface area contributed by atoms with E-state index in [9.17, 15) is 9.90 Å². The molecule has 0 saturated carbocycles. The maximum absolute atomic E-state index is 10.8. The Bertz CT molecular complexity index is 870. The van der Waals surface area contributed by atoms with Crippen molar-refractivity contribution >= 4 is 5.97 Å². The molecule has 0 unspecified atom stereocenters. The van der Waals surface area contributed by atoms with Gasteiger partial charge in [0.1, 0.15) is 11.9 Å². The Hall–Kier alpha value is -2.51. The van der Waals surface area contributed by atoms with Crippen molar-refractivity contribution in [2.45, 2.75) is 12.5 Å². The van der Waals surface area contributed by atoms with Crippen molar-refractivity contribution in [2.75, 3.05) is 20.1 Å². The molecule has 4 nitrogen and oxygen atoms in total. The second-order valence-corrected chi connectivity index (χ2v) is 6.81. The summed E-state index contributed by atoms with van der Waals surface area (Å²) >= 11 is 0. The number of likely N-dealkylation sites (N-methyl/N-ethyl adjacent to an activating group) is 1. The van der Waals surface area contributed by atoms with Gasteiger partial charge < -0.3 is 19.5 Å². The predicted octanol–water partition coefficient (Wildman–Crippen LogP) is 0.549. The molecule has 3 rings (SSSR count). The molecule has 144 valence electrons. The van der Waals surface area contributed by atoms with Crippen LogP contribution in [0.2, 0.25) is 0 Å². The van der Waals surface area contributed by atoms with Crippen LogP contribution in [0.3, 0.4) is 0 Å². The first-order valence-electron chi connectivity index (χ1n) is 9.37. The monoisotopic (exact) mass is 381 g/mol. The van der Waals surface area contributed by atoms with Crippen LogP contribution in [0.25, 0.3) is 11.1 Å². The molecule has 29 heavy (non-hydrogen) atoms. The van der Waals surface area contributed by atoms with Crippen LogP contribution in [0, 0.1) is 0 Å². The Morgan fingerprint density at radius 2 is 1.45 bits per heavy atom. The van der Waals surface area contributed by atoms with Crippen LogP contribution in [0.4, 0.5) is 0 Å². The number of carboxylic acids is 1. The van der Waals surface area contributed by atoms with Crippen LogP contribution in [-0.2, 0) is 4.79 Å². The van der Waals surface area contributed by atoms with Crippen molar-refractivity contribution in [3.63, 3.8) is 0 Å². The minimum absolute atomic E-state index is 0. The van der Waals surface area contributed by atoms with Gasteiger partial charge in [-0.1, -0.05) is 72.8 Å². The minimum atomic E-state index is -1.07. The molecule has 0 bridgehead atoms. The number of carbonyl (C=O) groups excluding carboxylic acids is 1. The third-order valence-electron chi connectivity index (χ3n) is 4.58. The van der Waals surface area contributed by atoms with E-state index in [2.05, 4.69) is 24.3 Å². The van der Waals surface area contributed by atoms with Crippen molar-refractivity contribution in [1.29, 1.82) is 0 Å². The van der Waals surface area contributed by atoms with Gasteiger partial charge in [-0.3, -0.25) is 0 Å². The molecule has 0 N–H and O–H groups in total. The summed E-state index contributed by atoms with van der Waals surface area (Å²) in [5.41, 5.74) is 3.37. The summed E-state index contributed by atoms with van der Waals surface area (Å²) in [7, 11) is 1.77. The van der Waals surface area contributed by atoms with Gasteiger partial charge in [0.05, 0.1) is 5.97 Å². The zero-order chi connectivity index (χ0) is 19.8. The Balaban J connectivity index is 0.00000300. The number of nitrogens with zero attached hydrogens (tertiary/aromatic N) is 1. The number of rotatable bonds is 9. The molecule has 0 aliphatic carbocycles. The van der Waals surface area contributed by atoms with E-state index in [1.807, 2.05) is 60.7 Å². The van der Waals surface area contributed by atoms with Crippen LogP contribution in [0.5, 0.6) is 5.75 Å². The number of aliphatic carboxylic acids is 1. The van der Waals surface area contributed by atoms with Gasteiger partial charge in [0.15, 0.2) is 0 Å². The van der Waals surface area contributed by atoms with E-state index in [0.29, 0.717) is 13.0 Å². The first-order valence-corrected chi connectivity index (χ1v) is 9.37. The fourth-order valence-electron chi connectivity index (χ4n) is 3.12. The molecular formula is C24H24LiNO3. The standard InChI is InChI=1S/C24H25NO3.Li/c1-25(18-24(26)27)17-16-23(21-10-6-3-7-11-21)28-22-14-12-20(13-15-22)19-8-4-2-5-9-19;/h2-15,23H,16-18H2,1H3,(H,26,27);/q;+1/p-1/t23-;/m0./s1. The maximum Gasteiger partial charge on any atom is 1.00 e. The van der Waals surface area contributed by atoms with Gasteiger partial charge in [0.25, 0.3) is 0 Å². The zero-order valence-corrected chi connectivity index (χ0v) is 17.0. The van der Waals surface area contributed by atoms with Gasteiger partial charge in [-0.2, -0.15) is 0 Å². The first-order chi connectivity index (χ1) is 13.6. The van der Waals surface area contributed by atoms with Crippen molar-refractivity contribution < 1.29 is 33.5 Å². The molecule has 0 amide bonds. The number of carbonyl (C=O) groups is 1. The molecule has 3 aromatic rings. The zero-order valence-electron chi connectivity index (χ0n) is 17.0. The smallest absolute Gasteiger partial charge is 0.549 e. The van der Waals surface area contributed by atoms with Gasteiger partial charge >= 0.3 is 18.9 Å². The average Bonchev–Trinajstić information content (AvgIpc) is 2.72. The molecule has 1 atom stereocenters. The van der Waals surface area contributed by atoms with E-state index in [0.717, 1.165) is 22.4 Å². The third-order valence-corrected chi connectivity index (χ3v) is 4.58. The fraction of sp³-hybridized carbons (Fsp3) is 0.208. The SMILES string of the molecule is CN(CC[C@H](Oc1ccc(-c2ccccc2)cc1)c1ccccc1)CC(=O)[O-].[Li+]. The van der Waals surface area contributed by atoms with Crippen LogP contribution in [-0.4, -0.2) is 31.0 Å². The number of carboxylic acid groups (broad SMARTS) is 1. The summed E-state index contributed by atoms with van der Waals surface area (Å²) < 4.78 is 6.26. The van der Waals surface area contributed by atoms with Crippen molar-refractivity contribution in [2.24, 2.45) is 0 Å². The van der Waals surface area contributed by atoms with E-state index in [1.54, 1.807) is 11.9 Å². The van der Waals surface area contributed by atoms with Gasteiger partial charge in [-0.15, -0.1) is 0 Å². The molecule has 0 heterocycles.